The van der Waals surface area contributed by atoms with Crippen molar-refractivity contribution in [1.82, 2.24) is 15.5 Å². The molecule has 2 N–H and O–H groups in total. The maximum Gasteiger partial charge on any atom is 0.251 e. The average Bonchev–Trinajstić information content (AvgIpc) is 3.03. The van der Waals surface area contributed by atoms with E-state index in [1.807, 2.05) is 18.2 Å². The first kappa shape index (κ1) is 11.3. The van der Waals surface area contributed by atoms with E-state index in [0.29, 0.717) is 5.56 Å². The first-order valence-corrected chi connectivity index (χ1v) is 6.46. The fourth-order valence-electron chi connectivity index (χ4n) is 2.30. The summed E-state index contributed by atoms with van der Waals surface area (Å²) < 4.78 is 0. The standard InChI is InChI=1S/C14H17N3O/c1-9(6-10-2-3-10)16-14(18)11-4-5-12-8-15-17-13(12)7-11/h4-5,7-10H,2-3,6H2,1H3,(H,15,17)(H,16,18). The molecule has 1 unspecified atom stereocenters. The van der Waals surface area contributed by atoms with Gasteiger partial charge in [0.15, 0.2) is 0 Å². The number of benzene rings is 1. The Hall–Kier alpha value is -1.84. The van der Waals surface area contributed by atoms with E-state index in [1.165, 1.54) is 12.8 Å². The number of carbonyl (C=O) groups is 1. The molecule has 2 aromatic rings. The smallest absolute Gasteiger partial charge is 0.251 e. The summed E-state index contributed by atoms with van der Waals surface area (Å²) in [6, 6.07) is 5.86. The summed E-state index contributed by atoms with van der Waals surface area (Å²) >= 11 is 0. The Bertz CT molecular complexity index is 571. The molecule has 0 aliphatic heterocycles. The van der Waals surface area contributed by atoms with Crippen LogP contribution in [-0.4, -0.2) is 22.1 Å². The van der Waals surface area contributed by atoms with Gasteiger partial charge in [-0.1, -0.05) is 18.9 Å². The SMILES string of the molecule is CC(CC1CC1)NC(=O)c1ccc2cn[nH]c2c1. The number of aromatic amines is 1. The van der Waals surface area contributed by atoms with E-state index in [1.54, 1.807) is 6.20 Å². The summed E-state index contributed by atoms with van der Waals surface area (Å²) in [6.07, 6.45) is 5.49. The van der Waals surface area contributed by atoms with Gasteiger partial charge in [-0.2, -0.15) is 5.10 Å². The lowest BCUT2D eigenvalue weighted by molar-refractivity contribution is 0.0937. The summed E-state index contributed by atoms with van der Waals surface area (Å²) in [4.78, 5) is 12.1. The molecule has 1 aliphatic rings. The van der Waals surface area contributed by atoms with Crippen molar-refractivity contribution in [3.63, 3.8) is 0 Å². The van der Waals surface area contributed by atoms with E-state index < -0.39 is 0 Å². The molecule has 0 spiro atoms. The normalized spacial score (nSPS) is 16.7. The van der Waals surface area contributed by atoms with Crippen molar-refractivity contribution in [1.29, 1.82) is 0 Å². The number of nitrogens with zero attached hydrogens (tertiary/aromatic N) is 1. The van der Waals surface area contributed by atoms with Crippen LogP contribution in [0, 0.1) is 5.92 Å². The lowest BCUT2D eigenvalue weighted by atomic mass is 10.1. The predicted octanol–water partition coefficient (Wildman–Crippen LogP) is 2.48. The third-order valence-corrected chi connectivity index (χ3v) is 3.47. The highest BCUT2D eigenvalue weighted by Crippen LogP contribution is 2.33. The summed E-state index contributed by atoms with van der Waals surface area (Å²) in [5.41, 5.74) is 1.59. The molecule has 1 heterocycles. The summed E-state index contributed by atoms with van der Waals surface area (Å²) in [5, 5.41) is 10.9. The molecule has 0 radical (unpaired) electrons. The molecule has 94 valence electrons. The fraction of sp³-hybridized carbons (Fsp3) is 0.429. The second kappa shape index (κ2) is 4.44. The molecule has 18 heavy (non-hydrogen) atoms. The second-order valence-corrected chi connectivity index (χ2v) is 5.23. The van der Waals surface area contributed by atoms with Crippen LogP contribution in [0.25, 0.3) is 10.9 Å². The van der Waals surface area contributed by atoms with Crippen LogP contribution in [0.15, 0.2) is 24.4 Å². The highest BCUT2D eigenvalue weighted by molar-refractivity contribution is 5.97. The maximum absolute atomic E-state index is 12.1. The molecule has 4 heteroatoms. The Morgan fingerprint density at radius 1 is 1.56 bits per heavy atom. The van der Waals surface area contributed by atoms with Gasteiger partial charge in [-0.25, -0.2) is 0 Å². The zero-order chi connectivity index (χ0) is 12.5. The van der Waals surface area contributed by atoms with Gasteiger partial charge >= 0.3 is 0 Å². The molecular formula is C14H17N3O. The van der Waals surface area contributed by atoms with Gasteiger partial charge in [0, 0.05) is 17.0 Å². The third-order valence-electron chi connectivity index (χ3n) is 3.47. The Morgan fingerprint density at radius 2 is 2.39 bits per heavy atom. The van der Waals surface area contributed by atoms with Gasteiger partial charge in [0.2, 0.25) is 0 Å². The lowest BCUT2D eigenvalue weighted by Crippen LogP contribution is -2.32. The minimum atomic E-state index is -0.000324. The Balaban J connectivity index is 1.70. The summed E-state index contributed by atoms with van der Waals surface area (Å²) in [6.45, 7) is 2.07. The van der Waals surface area contributed by atoms with Crippen LogP contribution >= 0.6 is 0 Å². The van der Waals surface area contributed by atoms with Crippen molar-refractivity contribution in [2.75, 3.05) is 0 Å². The Morgan fingerprint density at radius 3 is 3.17 bits per heavy atom. The Labute approximate surface area is 106 Å². The molecule has 0 saturated heterocycles. The van der Waals surface area contributed by atoms with Crippen LogP contribution in [0.5, 0.6) is 0 Å². The van der Waals surface area contributed by atoms with Crippen LogP contribution in [-0.2, 0) is 0 Å². The second-order valence-electron chi connectivity index (χ2n) is 5.23. The van der Waals surface area contributed by atoms with E-state index in [9.17, 15) is 4.79 Å². The highest BCUT2D eigenvalue weighted by atomic mass is 16.1. The van der Waals surface area contributed by atoms with Gasteiger partial charge in [0.1, 0.15) is 0 Å². The van der Waals surface area contributed by atoms with Crippen LogP contribution in [0.1, 0.15) is 36.5 Å². The van der Waals surface area contributed by atoms with Crippen molar-refractivity contribution in [2.24, 2.45) is 5.92 Å². The van der Waals surface area contributed by atoms with Crippen LogP contribution in [0.4, 0.5) is 0 Å². The maximum atomic E-state index is 12.1. The number of rotatable bonds is 4. The number of fused-ring (bicyclic) bond motifs is 1. The van der Waals surface area contributed by atoms with E-state index in [0.717, 1.165) is 23.2 Å². The molecule has 0 bridgehead atoms. The molecular weight excluding hydrogens is 226 g/mol. The average molecular weight is 243 g/mol. The topological polar surface area (TPSA) is 57.8 Å². The largest absolute Gasteiger partial charge is 0.350 e. The van der Waals surface area contributed by atoms with Crippen molar-refractivity contribution < 1.29 is 4.79 Å². The van der Waals surface area contributed by atoms with Crippen molar-refractivity contribution >= 4 is 16.8 Å². The molecule has 1 aromatic heterocycles. The van der Waals surface area contributed by atoms with E-state index in [2.05, 4.69) is 22.4 Å². The summed E-state index contributed by atoms with van der Waals surface area (Å²) in [7, 11) is 0. The number of amides is 1. The van der Waals surface area contributed by atoms with Crippen molar-refractivity contribution in [2.45, 2.75) is 32.2 Å². The lowest BCUT2D eigenvalue weighted by Gasteiger charge is -2.13. The van der Waals surface area contributed by atoms with Gasteiger partial charge < -0.3 is 5.32 Å². The van der Waals surface area contributed by atoms with Crippen molar-refractivity contribution in [3.8, 4) is 0 Å². The number of hydrogen-bond donors (Lipinski definition) is 2. The van der Waals surface area contributed by atoms with E-state index in [-0.39, 0.29) is 11.9 Å². The third kappa shape index (κ3) is 2.37. The molecule has 1 amide bonds. The zero-order valence-corrected chi connectivity index (χ0v) is 10.4. The molecule has 4 nitrogen and oxygen atoms in total. The molecule has 3 rings (SSSR count). The van der Waals surface area contributed by atoms with E-state index in [4.69, 9.17) is 0 Å². The number of hydrogen-bond acceptors (Lipinski definition) is 2. The number of aromatic nitrogens is 2. The minimum Gasteiger partial charge on any atom is -0.350 e. The number of carbonyl (C=O) groups excluding carboxylic acids is 1. The summed E-state index contributed by atoms with van der Waals surface area (Å²) in [5.74, 6) is 0.829. The first-order valence-electron chi connectivity index (χ1n) is 6.46. The van der Waals surface area contributed by atoms with Crippen LogP contribution in [0.3, 0.4) is 0 Å². The van der Waals surface area contributed by atoms with Gasteiger partial charge in [-0.05, 0) is 31.4 Å². The van der Waals surface area contributed by atoms with Gasteiger partial charge in [-0.3, -0.25) is 9.89 Å². The van der Waals surface area contributed by atoms with Crippen LogP contribution in [0.2, 0.25) is 0 Å². The van der Waals surface area contributed by atoms with Crippen molar-refractivity contribution in [3.05, 3.63) is 30.0 Å². The van der Waals surface area contributed by atoms with E-state index >= 15 is 0 Å². The monoisotopic (exact) mass is 243 g/mol. The minimum absolute atomic E-state index is 0.000324. The molecule has 1 aliphatic carbocycles. The predicted molar refractivity (Wildman–Crippen MR) is 70.4 cm³/mol. The van der Waals surface area contributed by atoms with Gasteiger partial charge in [-0.15, -0.1) is 0 Å². The highest BCUT2D eigenvalue weighted by Gasteiger charge is 2.24. The molecule has 1 saturated carbocycles. The molecule has 1 fully saturated rings. The quantitative estimate of drug-likeness (QED) is 0.866. The number of H-pyrrole nitrogens is 1. The zero-order valence-electron chi connectivity index (χ0n) is 10.4. The molecule has 1 atom stereocenters. The Kier molecular flexibility index (Phi) is 2.78. The van der Waals surface area contributed by atoms with Gasteiger partial charge in [0.05, 0.1) is 11.7 Å². The fourth-order valence-corrected chi connectivity index (χ4v) is 2.30. The number of nitrogens with one attached hydrogen (secondary N) is 2. The molecule has 1 aromatic carbocycles. The van der Waals surface area contributed by atoms with Gasteiger partial charge in [0.25, 0.3) is 5.91 Å². The first-order chi connectivity index (χ1) is 8.72. The van der Waals surface area contributed by atoms with Crippen LogP contribution < -0.4 is 5.32 Å².